The van der Waals surface area contributed by atoms with E-state index < -0.39 is 54.9 Å². The van der Waals surface area contributed by atoms with Gasteiger partial charge in [0.2, 0.25) is 5.91 Å². The lowest BCUT2D eigenvalue weighted by Crippen LogP contribution is -2.63. The van der Waals surface area contributed by atoms with Gasteiger partial charge in [-0.15, -0.1) is 0 Å². The number of carboxylic acid groups (broad SMARTS) is 1. The van der Waals surface area contributed by atoms with Crippen LogP contribution in [-0.2, 0) is 25.5 Å². The van der Waals surface area contributed by atoms with E-state index in [9.17, 15) is 34.1 Å². The van der Waals surface area contributed by atoms with E-state index in [0.29, 0.717) is 12.1 Å². The zero-order chi connectivity index (χ0) is 25.9. The minimum atomic E-state index is -1.55. The SMILES string of the molecule is CCN1CCN(C(=O)N[C@H](C(=O)N[C@H]2Cc3cccc(C(=O)O)c3OB2O)[C@H](C)OC)C(=O)C1=O. The van der Waals surface area contributed by atoms with Crippen molar-refractivity contribution in [1.29, 1.82) is 0 Å². The summed E-state index contributed by atoms with van der Waals surface area (Å²) in [6.45, 7) is 3.71. The highest BCUT2D eigenvalue weighted by Gasteiger charge is 2.41. The fraction of sp³-hybridized carbons (Fsp3) is 0.476. The van der Waals surface area contributed by atoms with Crippen LogP contribution in [-0.4, -0.2) is 102 Å². The number of aromatic carboxylic acids is 1. The van der Waals surface area contributed by atoms with E-state index in [0.717, 1.165) is 4.90 Å². The number of hydrogen-bond donors (Lipinski definition) is 4. The summed E-state index contributed by atoms with van der Waals surface area (Å²) in [5.74, 6) is -4.70. The largest absolute Gasteiger partial charge is 0.547 e. The molecule has 0 radical (unpaired) electrons. The van der Waals surface area contributed by atoms with E-state index in [1.54, 1.807) is 13.0 Å². The number of para-hydroxylation sites is 1. The maximum atomic E-state index is 13.1. The van der Waals surface area contributed by atoms with Crippen molar-refractivity contribution in [3.63, 3.8) is 0 Å². The van der Waals surface area contributed by atoms with E-state index in [4.69, 9.17) is 9.39 Å². The van der Waals surface area contributed by atoms with Crippen LogP contribution in [0.4, 0.5) is 4.79 Å². The molecule has 14 heteroatoms. The first-order valence-electron chi connectivity index (χ1n) is 11.0. The number of hydrogen-bond acceptors (Lipinski definition) is 8. The molecule has 0 aromatic heterocycles. The van der Waals surface area contributed by atoms with Gasteiger partial charge in [-0.25, -0.2) is 9.59 Å². The molecule has 1 fully saturated rings. The quantitative estimate of drug-likeness (QED) is 0.265. The van der Waals surface area contributed by atoms with E-state index in [1.807, 2.05) is 0 Å². The third kappa shape index (κ3) is 5.38. The Hall–Kier alpha value is -3.65. The molecule has 2 heterocycles. The van der Waals surface area contributed by atoms with Crippen LogP contribution in [0.25, 0.3) is 0 Å². The number of carbonyl (C=O) groups is 5. The van der Waals surface area contributed by atoms with E-state index in [-0.39, 0.29) is 30.8 Å². The summed E-state index contributed by atoms with van der Waals surface area (Å²) in [6, 6.07) is 2.26. The number of piperazine rings is 1. The second-order valence-corrected chi connectivity index (χ2v) is 8.14. The molecule has 0 unspecified atom stereocenters. The number of benzene rings is 1. The number of carbonyl (C=O) groups excluding carboxylic acids is 4. The van der Waals surface area contributed by atoms with Crippen molar-refractivity contribution in [3.05, 3.63) is 29.3 Å². The van der Waals surface area contributed by atoms with Crippen LogP contribution < -0.4 is 15.3 Å². The maximum Gasteiger partial charge on any atom is 0.547 e. The predicted molar refractivity (Wildman–Crippen MR) is 120 cm³/mol. The molecule has 4 N–H and O–H groups in total. The number of likely N-dealkylation sites (N-methyl/N-ethyl adjacent to an activating group) is 1. The number of methoxy groups -OCH3 is 1. The Morgan fingerprint density at radius 3 is 2.60 bits per heavy atom. The Morgan fingerprint density at radius 1 is 1.26 bits per heavy atom. The van der Waals surface area contributed by atoms with Crippen LogP contribution in [0.3, 0.4) is 0 Å². The fourth-order valence-corrected chi connectivity index (χ4v) is 3.90. The minimum absolute atomic E-state index is 0.0162. The number of imide groups is 1. The number of carboxylic acids is 1. The Bertz CT molecular complexity index is 1040. The fourth-order valence-electron chi connectivity index (χ4n) is 3.90. The standard InChI is InChI=1S/C21H27BN4O9/c1-4-25-8-9-26(19(29)18(25)28)21(32)24-15(11(2)34-3)17(27)23-14-10-12-6-5-7-13(20(30)31)16(12)35-22(14)33/h5-7,11,14-15,33H,4,8-10H2,1-3H3,(H,23,27)(H,24,32)(H,30,31)/t11-,14-,15-/m0/s1. The molecule has 5 amide bonds. The summed E-state index contributed by atoms with van der Waals surface area (Å²) < 4.78 is 10.6. The van der Waals surface area contributed by atoms with Gasteiger partial charge in [-0.1, -0.05) is 12.1 Å². The first-order valence-corrected chi connectivity index (χ1v) is 11.0. The topological polar surface area (TPSA) is 175 Å². The van der Waals surface area contributed by atoms with Crippen molar-refractivity contribution in [2.45, 2.75) is 38.4 Å². The normalized spacial score (nSPS) is 19.4. The summed E-state index contributed by atoms with van der Waals surface area (Å²) in [5, 5.41) is 24.7. The number of amides is 5. The van der Waals surface area contributed by atoms with E-state index in [1.165, 1.54) is 31.1 Å². The monoisotopic (exact) mass is 490 g/mol. The lowest BCUT2D eigenvalue weighted by atomic mass is 9.72. The summed E-state index contributed by atoms with van der Waals surface area (Å²) in [5.41, 5.74) is 0.352. The number of rotatable bonds is 7. The van der Waals surface area contributed by atoms with Crippen LogP contribution >= 0.6 is 0 Å². The van der Waals surface area contributed by atoms with Crippen molar-refractivity contribution in [3.8, 4) is 5.75 Å². The molecule has 1 aromatic carbocycles. The average Bonchev–Trinajstić information content (AvgIpc) is 2.83. The molecule has 1 aromatic rings. The minimum Gasteiger partial charge on any atom is -0.534 e. The second-order valence-electron chi connectivity index (χ2n) is 8.14. The van der Waals surface area contributed by atoms with Gasteiger partial charge in [-0.3, -0.25) is 19.3 Å². The highest BCUT2D eigenvalue weighted by atomic mass is 16.5. The van der Waals surface area contributed by atoms with Crippen molar-refractivity contribution in [2.75, 3.05) is 26.7 Å². The summed E-state index contributed by atoms with van der Waals surface area (Å²) >= 11 is 0. The number of urea groups is 1. The highest BCUT2D eigenvalue weighted by molar-refractivity contribution is 6.47. The van der Waals surface area contributed by atoms with Crippen LogP contribution in [0.15, 0.2) is 18.2 Å². The van der Waals surface area contributed by atoms with Crippen molar-refractivity contribution >= 4 is 36.8 Å². The molecule has 13 nitrogen and oxygen atoms in total. The molecule has 0 saturated carbocycles. The lowest BCUT2D eigenvalue weighted by Gasteiger charge is -2.34. The van der Waals surface area contributed by atoms with Gasteiger partial charge in [0.05, 0.1) is 17.6 Å². The highest BCUT2D eigenvalue weighted by Crippen LogP contribution is 2.30. The van der Waals surface area contributed by atoms with Gasteiger partial charge in [0, 0.05) is 26.7 Å². The van der Waals surface area contributed by atoms with Gasteiger partial charge < -0.3 is 35.1 Å². The van der Waals surface area contributed by atoms with Gasteiger partial charge in [0.15, 0.2) is 0 Å². The average molecular weight is 490 g/mol. The van der Waals surface area contributed by atoms with Crippen LogP contribution in [0.2, 0.25) is 0 Å². The summed E-state index contributed by atoms with van der Waals surface area (Å²) in [4.78, 5) is 63.7. The zero-order valence-electron chi connectivity index (χ0n) is 19.5. The van der Waals surface area contributed by atoms with Gasteiger partial charge >= 0.3 is 30.9 Å². The number of ether oxygens (including phenoxy) is 1. The molecule has 1 saturated heterocycles. The van der Waals surface area contributed by atoms with Crippen LogP contribution in [0.1, 0.15) is 29.8 Å². The molecule has 188 valence electrons. The van der Waals surface area contributed by atoms with E-state index in [2.05, 4.69) is 10.6 Å². The molecule has 3 atom stereocenters. The van der Waals surface area contributed by atoms with Gasteiger partial charge in [0.1, 0.15) is 11.8 Å². The van der Waals surface area contributed by atoms with Gasteiger partial charge in [-0.05, 0) is 31.9 Å². The van der Waals surface area contributed by atoms with Crippen molar-refractivity contribution in [1.82, 2.24) is 20.4 Å². The molecule has 0 bridgehead atoms. The Morgan fingerprint density at radius 2 is 1.97 bits per heavy atom. The third-order valence-corrected chi connectivity index (χ3v) is 6.02. The molecule has 35 heavy (non-hydrogen) atoms. The Balaban J connectivity index is 1.72. The predicted octanol–water partition coefficient (Wildman–Crippen LogP) is -1.37. The molecule has 2 aliphatic heterocycles. The molecule has 3 rings (SSSR count). The third-order valence-electron chi connectivity index (χ3n) is 6.02. The summed E-state index contributed by atoms with van der Waals surface area (Å²) in [7, 11) is -0.226. The van der Waals surface area contributed by atoms with Gasteiger partial charge in [0.25, 0.3) is 0 Å². The summed E-state index contributed by atoms with van der Waals surface area (Å²) in [6.07, 6.45) is -0.772. The molecular formula is C21H27BN4O9. The molecule has 2 aliphatic rings. The lowest BCUT2D eigenvalue weighted by molar-refractivity contribution is -0.153. The smallest absolute Gasteiger partial charge is 0.534 e. The van der Waals surface area contributed by atoms with Crippen LogP contribution in [0, 0.1) is 0 Å². The van der Waals surface area contributed by atoms with Crippen molar-refractivity contribution in [2.24, 2.45) is 0 Å². The number of nitrogens with zero attached hydrogens (tertiary/aromatic N) is 2. The Labute approximate surface area is 201 Å². The molecule has 0 aliphatic carbocycles. The first kappa shape index (κ1) is 26.0. The Kier molecular flexibility index (Phi) is 7.97. The maximum absolute atomic E-state index is 13.1. The molecule has 0 spiro atoms. The second kappa shape index (κ2) is 10.7. The first-order chi connectivity index (χ1) is 16.6. The van der Waals surface area contributed by atoms with E-state index >= 15 is 0 Å². The zero-order valence-corrected chi connectivity index (χ0v) is 19.5. The van der Waals surface area contributed by atoms with Gasteiger partial charge in [-0.2, -0.15) is 0 Å². The molecular weight excluding hydrogens is 463 g/mol. The van der Waals surface area contributed by atoms with Crippen molar-refractivity contribution < 1.29 is 43.5 Å². The number of fused-ring (bicyclic) bond motifs is 1. The van der Waals surface area contributed by atoms with Crippen LogP contribution in [0.5, 0.6) is 5.75 Å². The number of nitrogens with one attached hydrogen (secondary N) is 2.